The molecule has 0 radical (unpaired) electrons. The Balaban J connectivity index is 1.87. The van der Waals surface area contributed by atoms with E-state index >= 15 is 0 Å². The smallest absolute Gasteiger partial charge is 0.356 e. The third-order valence-electron chi connectivity index (χ3n) is 3.20. The van der Waals surface area contributed by atoms with Crippen molar-refractivity contribution in [3.05, 3.63) is 17.8 Å². The number of carboxylic acid groups (broad SMARTS) is 1. The second-order valence-electron chi connectivity index (χ2n) is 4.50. The summed E-state index contributed by atoms with van der Waals surface area (Å²) in [5.41, 5.74) is -0.0721. The molecule has 0 bridgehead atoms. The standard InChI is InChI=1S/C12H17N3O3/c1-15-7-3-2-4-9(15)8-18-11-6-5-10(12(16)17)13-14-11/h5-6,9H,2-4,7-8H2,1H3,(H,16,17). The average molecular weight is 251 g/mol. The molecule has 0 spiro atoms. The number of hydrogen-bond acceptors (Lipinski definition) is 5. The second kappa shape index (κ2) is 5.77. The maximum Gasteiger partial charge on any atom is 0.356 e. The van der Waals surface area contributed by atoms with Gasteiger partial charge in [-0.05, 0) is 32.5 Å². The van der Waals surface area contributed by atoms with Crippen LogP contribution in [0.3, 0.4) is 0 Å². The Labute approximate surface area is 106 Å². The van der Waals surface area contributed by atoms with Gasteiger partial charge in [-0.3, -0.25) is 0 Å². The molecule has 1 aromatic heterocycles. The third kappa shape index (κ3) is 3.16. The van der Waals surface area contributed by atoms with Gasteiger partial charge >= 0.3 is 5.97 Å². The highest BCUT2D eigenvalue weighted by molar-refractivity contribution is 5.84. The molecule has 6 nitrogen and oxygen atoms in total. The lowest BCUT2D eigenvalue weighted by Gasteiger charge is -2.31. The molecule has 6 heteroatoms. The van der Waals surface area contributed by atoms with Gasteiger partial charge in [0, 0.05) is 12.1 Å². The average Bonchev–Trinajstić information content (AvgIpc) is 2.38. The molecular weight excluding hydrogens is 234 g/mol. The number of piperidine rings is 1. The number of likely N-dealkylation sites (tertiary alicyclic amines) is 1. The van der Waals surface area contributed by atoms with Crippen LogP contribution in [0.25, 0.3) is 0 Å². The maximum atomic E-state index is 10.6. The van der Waals surface area contributed by atoms with Gasteiger partial charge in [0.2, 0.25) is 5.88 Å². The quantitative estimate of drug-likeness (QED) is 0.861. The van der Waals surface area contributed by atoms with E-state index in [0.29, 0.717) is 18.5 Å². The van der Waals surface area contributed by atoms with Crippen LogP contribution in [0.5, 0.6) is 5.88 Å². The summed E-state index contributed by atoms with van der Waals surface area (Å²) in [6.45, 7) is 1.66. The predicted octanol–water partition coefficient (Wildman–Crippen LogP) is 1.04. The molecule has 1 aromatic rings. The summed E-state index contributed by atoms with van der Waals surface area (Å²) in [7, 11) is 2.09. The van der Waals surface area contributed by atoms with Gasteiger partial charge in [-0.1, -0.05) is 6.42 Å². The van der Waals surface area contributed by atoms with Crippen molar-refractivity contribution in [2.75, 3.05) is 20.2 Å². The number of carboxylic acids is 1. The number of nitrogens with zero attached hydrogens (tertiary/aromatic N) is 3. The number of rotatable bonds is 4. The molecule has 0 aromatic carbocycles. The summed E-state index contributed by atoms with van der Waals surface area (Å²) in [5.74, 6) is -0.708. The first-order valence-electron chi connectivity index (χ1n) is 6.07. The highest BCUT2D eigenvalue weighted by Crippen LogP contribution is 2.16. The van der Waals surface area contributed by atoms with Gasteiger partial charge in [0.25, 0.3) is 0 Å². The van der Waals surface area contributed by atoms with Crippen molar-refractivity contribution in [3.8, 4) is 5.88 Å². The zero-order chi connectivity index (χ0) is 13.0. The monoisotopic (exact) mass is 251 g/mol. The summed E-state index contributed by atoms with van der Waals surface area (Å²) in [6, 6.07) is 3.34. The minimum Gasteiger partial charge on any atom is -0.476 e. The van der Waals surface area contributed by atoms with Crippen molar-refractivity contribution < 1.29 is 14.6 Å². The van der Waals surface area contributed by atoms with Gasteiger partial charge in [0.1, 0.15) is 6.61 Å². The van der Waals surface area contributed by atoms with Crippen molar-refractivity contribution >= 4 is 5.97 Å². The highest BCUT2D eigenvalue weighted by Gasteiger charge is 2.19. The number of hydrogen-bond donors (Lipinski definition) is 1. The van der Waals surface area contributed by atoms with Crippen molar-refractivity contribution in [1.29, 1.82) is 0 Å². The lowest BCUT2D eigenvalue weighted by atomic mass is 10.0. The molecule has 0 aliphatic carbocycles. The minimum atomic E-state index is -1.08. The fraction of sp³-hybridized carbons (Fsp3) is 0.583. The van der Waals surface area contributed by atoms with E-state index in [1.54, 1.807) is 6.07 Å². The molecule has 0 amide bonds. The summed E-state index contributed by atoms with van der Waals surface area (Å²) in [5, 5.41) is 16.0. The lowest BCUT2D eigenvalue weighted by molar-refractivity contribution is 0.0688. The topological polar surface area (TPSA) is 75.5 Å². The van der Waals surface area contributed by atoms with Crippen molar-refractivity contribution in [3.63, 3.8) is 0 Å². The van der Waals surface area contributed by atoms with Crippen LogP contribution in [0.15, 0.2) is 12.1 Å². The molecular formula is C12H17N3O3. The third-order valence-corrected chi connectivity index (χ3v) is 3.20. The molecule has 1 fully saturated rings. The SMILES string of the molecule is CN1CCCCC1COc1ccc(C(=O)O)nn1. The molecule has 2 heterocycles. The zero-order valence-electron chi connectivity index (χ0n) is 10.4. The van der Waals surface area contributed by atoms with Gasteiger partial charge in [0.15, 0.2) is 5.69 Å². The molecule has 2 rings (SSSR count). The van der Waals surface area contributed by atoms with Crippen LogP contribution in [0.2, 0.25) is 0 Å². The summed E-state index contributed by atoms with van der Waals surface area (Å²) < 4.78 is 5.54. The molecule has 1 N–H and O–H groups in total. The normalized spacial score (nSPS) is 20.6. The Morgan fingerprint density at radius 2 is 2.33 bits per heavy atom. The Hall–Kier alpha value is -1.69. The first-order chi connectivity index (χ1) is 8.66. The highest BCUT2D eigenvalue weighted by atomic mass is 16.5. The van der Waals surface area contributed by atoms with E-state index in [4.69, 9.17) is 9.84 Å². The molecule has 0 saturated carbocycles. The molecule has 1 atom stereocenters. The fourth-order valence-electron chi connectivity index (χ4n) is 2.05. The number of aromatic carboxylic acids is 1. The molecule has 1 aliphatic rings. The summed E-state index contributed by atoms with van der Waals surface area (Å²) in [4.78, 5) is 12.9. The van der Waals surface area contributed by atoms with Crippen molar-refractivity contribution in [1.82, 2.24) is 15.1 Å². The van der Waals surface area contributed by atoms with Crippen molar-refractivity contribution in [2.45, 2.75) is 25.3 Å². The van der Waals surface area contributed by atoms with Crippen LogP contribution >= 0.6 is 0 Å². The van der Waals surface area contributed by atoms with Crippen LogP contribution < -0.4 is 4.74 Å². The zero-order valence-corrected chi connectivity index (χ0v) is 10.4. The predicted molar refractivity (Wildman–Crippen MR) is 64.8 cm³/mol. The van der Waals surface area contributed by atoms with E-state index in [0.717, 1.165) is 13.0 Å². The fourth-order valence-corrected chi connectivity index (χ4v) is 2.05. The first kappa shape index (κ1) is 12.8. The summed E-state index contributed by atoms with van der Waals surface area (Å²) >= 11 is 0. The molecule has 1 aliphatic heterocycles. The first-order valence-corrected chi connectivity index (χ1v) is 6.07. The lowest BCUT2D eigenvalue weighted by Crippen LogP contribution is -2.40. The Morgan fingerprint density at radius 1 is 1.50 bits per heavy atom. The molecule has 1 unspecified atom stereocenters. The van der Waals surface area contributed by atoms with Crippen LogP contribution in [-0.4, -0.2) is 52.4 Å². The van der Waals surface area contributed by atoms with E-state index in [9.17, 15) is 4.79 Å². The van der Waals surface area contributed by atoms with E-state index in [2.05, 4.69) is 22.1 Å². The second-order valence-corrected chi connectivity index (χ2v) is 4.50. The summed E-state index contributed by atoms with van der Waals surface area (Å²) in [6.07, 6.45) is 3.58. The number of carbonyl (C=O) groups is 1. The number of aromatic nitrogens is 2. The molecule has 1 saturated heterocycles. The van der Waals surface area contributed by atoms with E-state index in [1.807, 2.05) is 0 Å². The van der Waals surface area contributed by atoms with Gasteiger partial charge in [0.05, 0.1) is 0 Å². The van der Waals surface area contributed by atoms with Gasteiger partial charge in [-0.25, -0.2) is 4.79 Å². The molecule has 98 valence electrons. The van der Waals surface area contributed by atoms with Crippen LogP contribution in [0.4, 0.5) is 0 Å². The van der Waals surface area contributed by atoms with E-state index < -0.39 is 5.97 Å². The Bertz CT molecular complexity index is 408. The number of likely N-dealkylation sites (N-methyl/N-ethyl adjacent to an activating group) is 1. The largest absolute Gasteiger partial charge is 0.476 e. The Kier molecular flexibility index (Phi) is 4.09. The van der Waals surface area contributed by atoms with Crippen LogP contribution in [0.1, 0.15) is 29.8 Å². The van der Waals surface area contributed by atoms with Gasteiger partial charge in [-0.2, -0.15) is 0 Å². The van der Waals surface area contributed by atoms with Gasteiger partial charge in [-0.15, -0.1) is 10.2 Å². The van der Waals surface area contributed by atoms with E-state index in [1.165, 1.54) is 18.9 Å². The maximum absolute atomic E-state index is 10.6. The Morgan fingerprint density at radius 3 is 2.94 bits per heavy atom. The van der Waals surface area contributed by atoms with Crippen LogP contribution in [0, 0.1) is 0 Å². The van der Waals surface area contributed by atoms with Crippen LogP contribution in [-0.2, 0) is 0 Å². The minimum absolute atomic E-state index is 0.0721. The van der Waals surface area contributed by atoms with E-state index in [-0.39, 0.29) is 5.69 Å². The van der Waals surface area contributed by atoms with Gasteiger partial charge < -0.3 is 14.7 Å². The number of ether oxygens (including phenoxy) is 1. The van der Waals surface area contributed by atoms with Crippen molar-refractivity contribution in [2.24, 2.45) is 0 Å². The molecule has 18 heavy (non-hydrogen) atoms.